The van der Waals surface area contributed by atoms with Gasteiger partial charge < -0.3 is 9.64 Å². The lowest BCUT2D eigenvalue weighted by atomic mass is 9.96. The molecule has 1 fully saturated rings. The predicted octanol–water partition coefficient (Wildman–Crippen LogP) is 3.26. The number of methoxy groups -OCH3 is 1. The highest BCUT2D eigenvalue weighted by molar-refractivity contribution is 5.98. The van der Waals surface area contributed by atoms with Gasteiger partial charge in [-0.1, -0.05) is 38.1 Å². The zero-order chi connectivity index (χ0) is 19.1. The van der Waals surface area contributed by atoms with Crippen LogP contribution in [0, 0.1) is 11.8 Å². The number of amides is 1. The Kier molecular flexibility index (Phi) is 7.37. The third-order valence-electron chi connectivity index (χ3n) is 4.87. The van der Waals surface area contributed by atoms with E-state index in [4.69, 9.17) is 4.74 Å². The summed E-state index contributed by atoms with van der Waals surface area (Å²) in [5, 5.41) is 0. The number of benzene rings is 1. The summed E-state index contributed by atoms with van der Waals surface area (Å²) in [7, 11) is 1.39. The van der Waals surface area contributed by atoms with E-state index >= 15 is 0 Å². The predicted molar refractivity (Wildman–Crippen MR) is 99.9 cm³/mol. The van der Waals surface area contributed by atoms with Crippen molar-refractivity contribution in [3.63, 3.8) is 0 Å². The molecule has 0 spiro atoms. The van der Waals surface area contributed by atoms with Gasteiger partial charge in [0, 0.05) is 31.5 Å². The number of esters is 1. The Bertz CT molecular complexity index is 628. The van der Waals surface area contributed by atoms with Gasteiger partial charge in [-0.3, -0.25) is 14.4 Å². The number of hydrogen-bond donors (Lipinski definition) is 0. The first-order chi connectivity index (χ1) is 12.4. The van der Waals surface area contributed by atoms with Crippen LogP contribution in [0.3, 0.4) is 0 Å². The van der Waals surface area contributed by atoms with E-state index in [0.717, 1.165) is 6.42 Å². The Labute approximate surface area is 155 Å². The van der Waals surface area contributed by atoms with Gasteiger partial charge in [-0.15, -0.1) is 0 Å². The molecule has 0 N–H and O–H groups in total. The molecule has 1 aromatic carbocycles. The molecule has 1 aromatic rings. The molecule has 1 aliphatic rings. The first kappa shape index (κ1) is 20.1. The number of carbonyl (C=O) groups is 3. The van der Waals surface area contributed by atoms with E-state index in [0.29, 0.717) is 37.4 Å². The van der Waals surface area contributed by atoms with Gasteiger partial charge in [-0.2, -0.15) is 0 Å². The largest absolute Gasteiger partial charge is 0.469 e. The minimum Gasteiger partial charge on any atom is -0.469 e. The van der Waals surface area contributed by atoms with Crippen LogP contribution in [-0.2, 0) is 20.7 Å². The van der Waals surface area contributed by atoms with Gasteiger partial charge in [0.25, 0.3) is 0 Å². The number of rotatable bonds is 7. The maximum atomic E-state index is 12.3. The minimum absolute atomic E-state index is 0.00102. The monoisotopic (exact) mass is 359 g/mol. The molecule has 0 atom stereocenters. The maximum absolute atomic E-state index is 12.3. The topological polar surface area (TPSA) is 63.7 Å². The van der Waals surface area contributed by atoms with E-state index in [1.54, 1.807) is 4.90 Å². The number of ether oxygens (including phenoxy) is 1. The molecule has 0 aliphatic carbocycles. The zero-order valence-corrected chi connectivity index (χ0v) is 16.0. The Hall–Kier alpha value is -2.17. The van der Waals surface area contributed by atoms with Crippen LogP contribution in [0.15, 0.2) is 24.3 Å². The molecule has 0 bridgehead atoms. The molecule has 5 heteroatoms. The number of nitrogens with zero attached hydrogens (tertiary/aromatic N) is 1. The second-order valence-electron chi connectivity index (χ2n) is 7.40. The molecule has 1 amide bonds. The van der Waals surface area contributed by atoms with Crippen LogP contribution in [0.25, 0.3) is 0 Å². The summed E-state index contributed by atoms with van der Waals surface area (Å²) in [6.07, 6.45) is 2.69. The van der Waals surface area contributed by atoms with Gasteiger partial charge in [0.15, 0.2) is 5.78 Å². The molecule has 1 saturated heterocycles. The Morgan fingerprint density at radius 1 is 1.08 bits per heavy atom. The maximum Gasteiger partial charge on any atom is 0.308 e. The SMILES string of the molecule is COC(=O)C1CCN(C(=O)CCC(=O)c2ccc(CC(C)C)cc2)CC1. The van der Waals surface area contributed by atoms with Crippen LogP contribution in [0.2, 0.25) is 0 Å². The highest BCUT2D eigenvalue weighted by atomic mass is 16.5. The highest BCUT2D eigenvalue weighted by Crippen LogP contribution is 2.19. The zero-order valence-electron chi connectivity index (χ0n) is 16.0. The number of ketones is 1. The smallest absolute Gasteiger partial charge is 0.308 e. The summed E-state index contributed by atoms with van der Waals surface area (Å²) in [4.78, 5) is 37.9. The second-order valence-corrected chi connectivity index (χ2v) is 7.40. The van der Waals surface area contributed by atoms with Gasteiger partial charge in [-0.05, 0) is 30.7 Å². The molecule has 0 radical (unpaired) electrons. The highest BCUT2D eigenvalue weighted by Gasteiger charge is 2.27. The van der Waals surface area contributed by atoms with Crippen LogP contribution >= 0.6 is 0 Å². The van der Waals surface area contributed by atoms with E-state index in [1.807, 2.05) is 24.3 Å². The number of likely N-dealkylation sites (tertiary alicyclic amines) is 1. The van der Waals surface area contributed by atoms with E-state index in [-0.39, 0.29) is 36.4 Å². The second kappa shape index (κ2) is 9.51. The third kappa shape index (κ3) is 5.68. The van der Waals surface area contributed by atoms with Crippen molar-refractivity contribution in [2.24, 2.45) is 11.8 Å². The third-order valence-corrected chi connectivity index (χ3v) is 4.87. The molecule has 0 aromatic heterocycles. The van der Waals surface area contributed by atoms with E-state index < -0.39 is 0 Å². The van der Waals surface area contributed by atoms with Crippen LogP contribution in [0.4, 0.5) is 0 Å². The lowest BCUT2D eigenvalue weighted by Gasteiger charge is -2.30. The Morgan fingerprint density at radius 2 is 1.69 bits per heavy atom. The van der Waals surface area contributed by atoms with Crippen molar-refractivity contribution in [1.29, 1.82) is 0 Å². The Balaban J connectivity index is 1.78. The summed E-state index contributed by atoms with van der Waals surface area (Å²) >= 11 is 0. The fourth-order valence-electron chi connectivity index (χ4n) is 3.35. The minimum atomic E-state index is -0.201. The molecule has 2 rings (SSSR count). The average Bonchev–Trinajstić information content (AvgIpc) is 2.65. The first-order valence-electron chi connectivity index (χ1n) is 9.38. The van der Waals surface area contributed by atoms with Gasteiger partial charge in [0.05, 0.1) is 13.0 Å². The number of piperidine rings is 1. The standard InChI is InChI=1S/C21H29NO4/c1-15(2)14-16-4-6-17(7-5-16)19(23)8-9-20(24)22-12-10-18(11-13-22)21(25)26-3/h4-7,15,18H,8-14H2,1-3H3. The summed E-state index contributed by atoms with van der Waals surface area (Å²) in [5.41, 5.74) is 1.89. The molecule has 142 valence electrons. The molecule has 0 saturated carbocycles. The van der Waals surface area contributed by atoms with Gasteiger partial charge >= 0.3 is 5.97 Å². The van der Waals surface area contributed by atoms with E-state index in [2.05, 4.69) is 13.8 Å². The molecule has 1 aliphatic heterocycles. The fourth-order valence-corrected chi connectivity index (χ4v) is 3.35. The average molecular weight is 359 g/mol. The van der Waals surface area contributed by atoms with Crippen LogP contribution in [-0.4, -0.2) is 42.8 Å². The fraction of sp³-hybridized carbons (Fsp3) is 0.571. The van der Waals surface area contributed by atoms with Crippen molar-refractivity contribution < 1.29 is 19.1 Å². The summed E-state index contributed by atoms with van der Waals surface area (Å²) in [6.45, 7) is 5.44. The van der Waals surface area contributed by atoms with Gasteiger partial charge in [0.2, 0.25) is 5.91 Å². The van der Waals surface area contributed by atoms with Crippen molar-refractivity contribution in [2.45, 2.75) is 46.0 Å². The number of hydrogen-bond acceptors (Lipinski definition) is 4. The molecule has 0 unspecified atom stereocenters. The van der Waals surface area contributed by atoms with E-state index in [1.165, 1.54) is 12.7 Å². The quantitative estimate of drug-likeness (QED) is 0.554. The lowest BCUT2D eigenvalue weighted by Crippen LogP contribution is -2.40. The summed E-state index contributed by atoms with van der Waals surface area (Å²) in [6, 6.07) is 7.69. The normalized spacial score (nSPS) is 15.2. The van der Waals surface area contributed by atoms with Crippen molar-refractivity contribution in [3.05, 3.63) is 35.4 Å². The van der Waals surface area contributed by atoms with Gasteiger partial charge in [-0.25, -0.2) is 0 Å². The number of carbonyl (C=O) groups excluding carboxylic acids is 3. The Morgan fingerprint density at radius 3 is 2.23 bits per heavy atom. The molecule has 1 heterocycles. The summed E-state index contributed by atoms with van der Waals surface area (Å²) in [5.74, 6) is 0.248. The van der Waals surface area contributed by atoms with Crippen molar-refractivity contribution >= 4 is 17.7 Å². The van der Waals surface area contributed by atoms with Crippen LogP contribution in [0.5, 0.6) is 0 Å². The first-order valence-corrected chi connectivity index (χ1v) is 9.38. The number of Topliss-reactive ketones (excluding diaryl/α,β-unsaturated/α-hetero) is 1. The van der Waals surface area contributed by atoms with Crippen molar-refractivity contribution in [2.75, 3.05) is 20.2 Å². The van der Waals surface area contributed by atoms with Crippen molar-refractivity contribution in [3.8, 4) is 0 Å². The van der Waals surface area contributed by atoms with Gasteiger partial charge in [0.1, 0.15) is 0 Å². The molecular formula is C21H29NO4. The molecular weight excluding hydrogens is 330 g/mol. The van der Waals surface area contributed by atoms with E-state index in [9.17, 15) is 14.4 Å². The summed E-state index contributed by atoms with van der Waals surface area (Å²) < 4.78 is 4.76. The van der Waals surface area contributed by atoms with Crippen molar-refractivity contribution in [1.82, 2.24) is 4.90 Å². The lowest BCUT2D eigenvalue weighted by molar-refractivity contribution is -0.148. The van der Waals surface area contributed by atoms with Crippen LogP contribution in [0.1, 0.15) is 55.5 Å². The van der Waals surface area contributed by atoms with Crippen LogP contribution < -0.4 is 0 Å². The molecule has 5 nitrogen and oxygen atoms in total. The molecule has 26 heavy (non-hydrogen) atoms.